The largest absolute Gasteiger partial charge is 0.463 e. The summed E-state index contributed by atoms with van der Waals surface area (Å²) in [6.45, 7) is 0.129. The quantitative estimate of drug-likeness (QED) is 0.0785. The molecule has 0 spiro atoms. The van der Waals surface area contributed by atoms with E-state index in [1.807, 2.05) is 0 Å². The van der Waals surface area contributed by atoms with Gasteiger partial charge in [-0.1, -0.05) is 84.0 Å². The van der Waals surface area contributed by atoms with Crippen LogP contribution in [0.15, 0.2) is 0 Å². The van der Waals surface area contributed by atoms with E-state index < -0.39 is 80.6 Å². The predicted octanol–water partition coefficient (Wildman–Crippen LogP) is 0.637. The van der Waals surface area contributed by atoms with Gasteiger partial charge in [0.25, 0.3) is 0 Å². The van der Waals surface area contributed by atoms with Crippen molar-refractivity contribution in [3.63, 3.8) is 0 Å². The first-order valence-corrected chi connectivity index (χ1v) is 15.0. The van der Waals surface area contributed by atoms with Crippen LogP contribution < -0.4 is 0 Å². The number of aliphatic hydroxyl groups is 7. The van der Waals surface area contributed by atoms with Crippen molar-refractivity contribution in [3.8, 4) is 0 Å². The highest BCUT2D eigenvalue weighted by molar-refractivity contribution is 5.69. The third-order valence-electron chi connectivity index (χ3n) is 7.78. The zero-order valence-corrected chi connectivity index (χ0v) is 23.8. The van der Waals surface area contributed by atoms with Crippen molar-refractivity contribution < 1.29 is 59.5 Å². The van der Waals surface area contributed by atoms with E-state index in [9.17, 15) is 40.5 Å². The number of hydrogen-bond donors (Lipinski definition) is 7. The predicted molar refractivity (Wildman–Crippen MR) is 143 cm³/mol. The molecular formula is C28H52O12. The SMILES string of the molecule is CCCCCCCCCCCCCCCC(=O)OC[C@@H]1O[C@](CO)(O[C@H]2O[C@H](CO)[C@H](O)[C@H](O)[C@@H]2O)[C@@H](O)[C@H]1O. The van der Waals surface area contributed by atoms with Crippen LogP contribution in [0.4, 0.5) is 0 Å². The Balaban J connectivity index is 1.65. The van der Waals surface area contributed by atoms with E-state index in [1.54, 1.807) is 0 Å². The fraction of sp³-hybridized carbons (Fsp3) is 0.964. The number of rotatable bonds is 20. The number of carbonyl (C=O) groups is 1. The smallest absolute Gasteiger partial charge is 0.305 e. The van der Waals surface area contributed by atoms with Gasteiger partial charge in [-0.2, -0.15) is 0 Å². The summed E-state index contributed by atoms with van der Waals surface area (Å²) < 4.78 is 21.4. The molecule has 0 aromatic heterocycles. The molecule has 2 saturated heterocycles. The lowest BCUT2D eigenvalue weighted by Crippen LogP contribution is -2.62. The van der Waals surface area contributed by atoms with Gasteiger partial charge in [0.2, 0.25) is 5.79 Å². The second kappa shape index (κ2) is 18.6. The van der Waals surface area contributed by atoms with Gasteiger partial charge in [-0.3, -0.25) is 4.79 Å². The summed E-state index contributed by atoms with van der Waals surface area (Å²) >= 11 is 0. The number of carbonyl (C=O) groups excluding carboxylic acids is 1. The summed E-state index contributed by atoms with van der Waals surface area (Å²) in [5.74, 6) is -2.76. The Morgan fingerprint density at radius 2 is 1.27 bits per heavy atom. The van der Waals surface area contributed by atoms with Gasteiger partial charge in [-0.15, -0.1) is 0 Å². The van der Waals surface area contributed by atoms with E-state index in [4.69, 9.17) is 18.9 Å². The Morgan fingerprint density at radius 3 is 1.80 bits per heavy atom. The van der Waals surface area contributed by atoms with E-state index in [1.165, 1.54) is 57.8 Å². The van der Waals surface area contributed by atoms with Crippen molar-refractivity contribution in [2.75, 3.05) is 19.8 Å². The van der Waals surface area contributed by atoms with Gasteiger partial charge in [0.05, 0.1) is 6.61 Å². The maximum Gasteiger partial charge on any atom is 0.305 e. The molecule has 9 atom stereocenters. The molecule has 0 aromatic carbocycles. The average molecular weight is 581 g/mol. The van der Waals surface area contributed by atoms with Gasteiger partial charge in [0, 0.05) is 6.42 Å². The minimum atomic E-state index is -2.28. The Bertz CT molecular complexity index is 694. The van der Waals surface area contributed by atoms with Gasteiger partial charge in [0.1, 0.15) is 55.9 Å². The second-order valence-electron chi connectivity index (χ2n) is 11.1. The minimum absolute atomic E-state index is 0.204. The van der Waals surface area contributed by atoms with Crippen LogP contribution in [-0.2, 0) is 23.7 Å². The molecule has 2 fully saturated rings. The lowest BCUT2D eigenvalue weighted by molar-refractivity contribution is -0.383. The summed E-state index contributed by atoms with van der Waals surface area (Å²) in [6, 6.07) is 0. The topological polar surface area (TPSA) is 196 Å². The molecular weight excluding hydrogens is 528 g/mol. The molecule has 236 valence electrons. The molecule has 0 unspecified atom stereocenters. The summed E-state index contributed by atoms with van der Waals surface area (Å²) in [7, 11) is 0. The van der Waals surface area contributed by atoms with Crippen LogP contribution in [0.25, 0.3) is 0 Å². The van der Waals surface area contributed by atoms with Crippen LogP contribution in [0.3, 0.4) is 0 Å². The van der Waals surface area contributed by atoms with Crippen molar-refractivity contribution in [2.24, 2.45) is 0 Å². The fourth-order valence-corrected chi connectivity index (χ4v) is 5.15. The van der Waals surface area contributed by atoms with E-state index in [0.717, 1.165) is 19.3 Å². The molecule has 0 radical (unpaired) electrons. The van der Waals surface area contributed by atoms with E-state index in [0.29, 0.717) is 6.42 Å². The number of ether oxygens (including phenoxy) is 4. The van der Waals surface area contributed by atoms with Crippen molar-refractivity contribution in [3.05, 3.63) is 0 Å². The fourth-order valence-electron chi connectivity index (χ4n) is 5.15. The second-order valence-corrected chi connectivity index (χ2v) is 11.1. The van der Waals surface area contributed by atoms with Crippen LogP contribution in [0, 0.1) is 0 Å². The average Bonchev–Trinajstić information content (AvgIpc) is 3.19. The third-order valence-corrected chi connectivity index (χ3v) is 7.78. The van der Waals surface area contributed by atoms with Crippen molar-refractivity contribution >= 4 is 5.97 Å². The zero-order chi connectivity index (χ0) is 29.5. The van der Waals surface area contributed by atoms with Crippen LogP contribution in [0.1, 0.15) is 96.8 Å². The maximum absolute atomic E-state index is 12.2. The molecule has 0 aliphatic carbocycles. The molecule has 0 bridgehead atoms. The lowest BCUT2D eigenvalue weighted by Gasteiger charge is -2.43. The summed E-state index contributed by atoms with van der Waals surface area (Å²) in [5, 5.41) is 70.3. The Morgan fingerprint density at radius 1 is 0.725 bits per heavy atom. The number of unbranched alkanes of at least 4 members (excludes halogenated alkanes) is 12. The molecule has 0 saturated carbocycles. The van der Waals surface area contributed by atoms with E-state index >= 15 is 0 Å². The van der Waals surface area contributed by atoms with Crippen LogP contribution in [0.2, 0.25) is 0 Å². The Kier molecular flexibility index (Phi) is 16.4. The van der Waals surface area contributed by atoms with Gasteiger partial charge >= 0.3 is 5.97 Å². The number of aliphatic hydroxyl groups excluding tert-OH is 7. The van der Waals surface area contributed by atoms with E-state index in [-0.39, 0.29) is 6.42 Å². The molecule has 2 aliphatic rings. The number of esters is 1. The summed E-state index contributed by atoms with van der Waals surface area (Å²) in [5.41, 5.74) is 0. The highest BCUT2D eigenvalue weighted by Crippen LogP contribution is 2.36. The third kappa shape index (κ3) is 10.4. The standard InChI is InChI=1S/C28H52O12/c1-2-3-4-5-6-7-8-9-10-11-12-13-14-15-21(31)37-17-20-23(33)26(36)28(18-30,39-20)40-27-25(35)24(34)22(32)19(16-29)38-27/h19-20,22-27,29-30,32-36H,2-18H2,1H3/t19-,20+,22+,23+,24+,25+,26+,27-,28-/m1/s1. The van der Waals surface area contributed by atoms with Gasteiger partial charge < -0.3 is 54.7 Å². The summed E-state index contributed by atoms with van der Waals surface area (Å²) in [6.07, 6.45) is 2.77. The molecule has 12 nitrogen and oxygen atoms in total. The Labute approximate surface area is 237 Å². The lowest BCUT2D eigenvalue weighted by atomic mass is 9.99. The molecule has 2 aliphatic heterocycles. The van der Waals surface area contributed by atoms with Crippen molar-refractivity contribution in [2.45, 2.75) is 152 Å². The molecule has 7 N–H and O–H groups in total. The van der Waals surface area contributed by atoms with Gasteiger partial charge in [-0.25, -0.2) is 0 Å². The first kappa shape index (κ1) is 35.3. The monoisotopic (exact) mass is 580 g/mol. The molecule has 0 amide bonds. The highest BCUT2D eigenvalue weighted by Gasteiger charge is 2.58. The molecule has 2 heterocycles. The maximum atomic E-state index is 12.2. The summed E-state index contributed by atoms with van der Waals surface area (Å²) in [4.78, 5) is 12.2. The molecule has 2 rings (SSSR count). The van der Waals surface area contributed by atoms with Crippen molar-refractivity contribution in [1.29, 1.82) is 0 Å². The Hall–Kier alpha value is -0.930. The van der Waals surface area contributed by atoms with Crippen molar-refractivity contribution in [1.82, 2.24) is 0 Å². The van der Waals surface area contributed by atoms with Gasteiger partial charge in [0.15, 0.2) is 6.29 Å². The highest BCUT2D eigenvalue weighted by atomic mass is 16.8. The first-order valence-electron chi connectivity index (χ1n) is 15.0. The molecule has 0 aromatic rings. The number of hydrogen-bond acceptors (Lipinski definition) is 12. The van der Waals surface area contributed by atoms with Crippen LogP contribution in [-0.4, -0.2) is 116 Å². The van der Waals surface area contributed by atoms with Gasteiger partial charge in [-0.05, 0) is 6.42 Å². The van der Waals surface area contributed by atoms with Crippen LogP contribution >= 0.6 is 0 Å². The van der Waals surface area contributed by atoms with Crippen LogP contribution in [0.5, 0.6) is 0 Å². The first-order chi connectivity index (χ1) is 19.2. The molecule has 12 heteroatoms. The minimum Gasteiger partial charge on any atom is -0.463 e. The normalized spacial score (nSPS) is 34.3. The zero-order valence-electron chi connectivity index (χ0n) is 23.8. The molecule has 40 heavy (non-hydrogen) atoms. The van der Waals surface area contributed by atoms with E-state index in [2.05, 4.69) is 6.92 Å².